The van der Waals surface area contributed by atoms with Crippen LogP contribution in [0.1, 0.15) is 38.3 Å². The van der Waals surface area contributed by atoms with Gasteiger partial charge >= 0.3 is 0 Å². The highest BCUT2D eigenvalue weighted by Crippen LogP contribution is 2.29. The summed E-state index contributed by atoms with van der Waals surface area (Å²) < 4.78 is 5.16. The summed E-state index contributed by atoms with van der Waals surface area (Å²) in [5.41, 5.74) is 7.78. The number of rotatable bonds is 4. The molecular formula is C15H24N2O. The largest absolute Gasteiger partial charge is 0.497 e. The second kappa shape index (κ2) is 5.29. The smallest absolute Gasteiger partial charge is 0.118 e. The molecule has 3 nitrogen and oxygen atoms in total. The molecule has 1 aliphatic heterocycles. The quantitative estimate of drug-likeness (QED) is 0.890. The minimum absolute atomic E-state index is 0.0771. The van der Waals surface area contributed by atoms with Crippen molar-refractivity contribution in [2.75, 3.05) is 20.2 Å². The van der Waals surface area contributed by atoms with Crippen molar-refractivity contribution >= 4 is 0 Å². The molecule has 0 bridgehead atoms. The van der Waals surface area contributed by atoms with Gasteiger partial charge in [0.2, 0.25) is 0 Å². The summed E-state index contributed by atoms with van der Waals surface area (Å²) in [5.74, 6) is 0.882. The Morgan fingerprint density at radius 1 is 1.33 bits per heavy atom. The van der Waals surface area contributed by atoms with E-state index in [9.17, 15) is 0 Å². The van der Waals surface area contributed by atoms with E-state index in [0.717, 1.165) is 18.8 Å². The lowest BCUT2D eigenvalue weighted by atomic mass is 10.0. The van der Waals surface area contributed by atoms with Crippen LogP contribution >= 0.6 is 0 Å². The van der Waals surface area contributed by atoms with Gasteiger partial charge in [0.1, 0.15) is 5.75 Å². The molecule has 0 radical (unpaired) electrons. The van der Waals surface area contributed by atoms with Crippen LogP contribution < -0.4 is 10.5 Å². The SMILES string of the molecule is COc1ccc(C(N)CN2CCCC2(C)C)cc1. The van der Waals surface area contributed by atoms with Gasteiger partial charge in [-0.2, -0.15) is 0 Å². The average Bonchev–Trinajstić information content (AvgIpc) is 2.69. The molecule has 2 N–H and O–H groups in total. The maximum Gasteiger partial charge on any atom is 0.118 e. The fourth-order valence-electron chi connectivity index (χ4n) is 2.70. The lowest BCUT2D eigenvalue weighted by Gasteiger charge is -2.33. The van der Waals surface area contributed by atoms with Gasteiger partial charge in [-0.25, -0.2) is 0 Å². The molecule has 0 amide bonds. The van der Waals surface area contributed by atoms with Gasteiger partial charge in [0.05, 0.1) is 7.11 Å². The first-order valence-corrected chi connectivity index (χ1v) is 6.67. The van der Waals surface area contributed by atoms with Crippen molar-refractivity contribution in [3.63, 3.8) is 0 Å². The van der Waals surface area contributed by atoms with Crippen molar-refractivity contribution in [3.05, 3.63) is 29.8 Å². The van der Waals surface area contributed by atoms with Crippen molar-refractivity contribution < 1.29 is 4.74 Å². The lowest BCUT2D eigenvalue weighted by molar-refractivity contribution is 0.165. The summed E-state index contributed by atoms with van der Waals surface area (Å²) in [6.07, 6.45) is 2.55. The highest BCUT2D eigenvalue weighted by Gasteiger charge is 2.32. The van der Waals surface area contributed by atoms with Crippen LogP contribution in [0.4, 0.5) is 0 Å². The number of hydrogen-bond acceptors (Lipinski definition) is 3. The van der Waals surface area contributed by atoms with Crippen molar-refractivity contribution in [1.29, 1.82) is 0 Å². The highest BCUT2D eigenvalue weighted by atomic mass is 16.5. The van der Waals surface area contributed by atoms with Crippen molar-refractivity contribution in [2.45, 2.75) is 38.3 Å². The van der Waals surface area contributed by atoms with Crippen LogP contribution in [0.5, 0.6) is 5.75 Å². The minimum Gasteiger partial charge on any atom is -0.497 e. The molecule has 2 rings (SSSR count). The van der Waals surface area contributed by atoms with Gasteiger partial charge in [-0.05, 0) is 50.9 Å². The van der Waals surface area contributed by atoms with Crippen LogP contribution in [0.25, 0.3) is 0 Å². The van der Waals surface area contributed by atoms with Crippen LogP contribution in [-0.2, 0) is 0 Å². The molecule has 1 atom stereocenters. The van der Waals surface area contributed by atoms with E-state index in [1.54, 1.807) is 7.11 Å². The Labute approximate surface area is 110 Å². The van der Waals surface area contributed by atoms with E-state index in [4.69, 9.17) is 10.5 Å². The zero-order valence-electron chi connectivity index (χ0n) is 11.6. The topological polar surface area (TPSA) is 38.5 Å². The molecule has 0 aliphatic carbocycles. The number of methoxy groups -OCH3 is 1. The minimum atomic E-state index is 0.0771. The Hall–Kier alpha value is -1.06. The first-order chi connectivity index (χ1) is 8.53. The molecule has 1 saturated heterocycles. The van der Waals surface area contributed by atoms with E-state index in [2.05, 4.69) is 30.9 Å². The van der Waals surface area contributed by atoms with E-state index >= 15 is 0 Å². The predicted octanol–water partition coefficient (Wildman–Crippen LogP) is 2.57. The van der Waals surface area contributed by atoms with Gasteiger partial charge in [0.15, 0.2) is 0 Å². The average molecular weight is 248 g/mol. The number of benzene rings is 1. The van der Waals surface area contributed by atoms with Crippen LogP contribution in [0, 0.1) is 0 Å². The van der Waals surface area contributed by atoms with Gasteiger partial charge in [-0.3, -0.25) is 4.90 Å². The molecule has 1 aliphatic rings. The first kappa shape index (κ1) is 13.4. The predicted molar refractivity (Wildman–Crippen MR) is 74.8 cm³/mol. The van der Waals surface area contributed by atoms with E-state index < -0.39 is 0 Å². The molecule has 1 unspecified atom stereocenters. The second-order valence-corrected chi connectivity index (χ2v) is 5.74. The molecule has 100 valence electrons. The summed E-state index contributed by atoms with van der Waals surface area (Å²) in [6.45, 7) is 6.71. The highest BCUT2D eigenvalue weighted by molar-refractivity contribution is 5.29. The van der Waals surface area contributed by atoms with Crippen LogP contribution in [-0.4, -0.2) is 30.6 Å². The van der Waals surface area contributed by atoms with E-state index in [1.807, 2.05) is 12.1 Å². The summed E-state index contributed by atoms with van der Waals surface area (Å²) in [5, 5.41) is 0. The normalized spacial score (nSPS) is 20.9. The van der Waals surface area contributed by atoms with Crippen LogP contribution in [0.15, 0.2) is 24.3 Å². The maximum atomic E-state index is 6.30. The van der Waals surface area contributed by atoms with Crippen LogP contribution in [0.2, 0.25) is 0 Å². The molecule has 0 aromatic heterocycles. The molecule has 0 saturated carbocycles. The van der Waals surface area contributed by atoms with E-state index in [0.29, 0.717) is 5.54 Å². The lowest BCUT2D eigenvalue weighted by Crippen LogP contribution is -2.42. The summed E-state index contributed by atoms with van der Waals surface area (Å²) in [7, 11) is 1.68. The Kier molecular flexibility index (Phi) is 3.93. The second-order valence-electron chi connectivity index (χ2n) is 5.74. The van der Waals surface area contributed by atoms with Gasteiger partial charge in [-0.15, -0.1) is 0 Å². The maximum absolute atomic E-state index is 6.30. The zero-order chi connectivity index (χ0) is 13.2. The molecular weight excluding hydrogens is 224 g/mol. The fraction of sp³-hybridized carbons (Fsp3) is 0.600. The number of nitrogens with two attached hydrogens (primary N) is 1. The number of nitrogens with zero attached hydrogens (tertiary/aromatic N) is 1. The van der Waals surface area contributed by atoms with Gasteiger partial charge < -0.3 is 10.5 Å². The van der Waals surface area contributed by atoms with E-state index in [1.165, 1.54) is 18.4 Å². The Morgan fingerprint density at radius 2 is 2.00 bits per heavy atom. The Bertz CT molecular complexity index is 386. The molecule has 1 aromatic rings. The zero-order valence-corrected chi connectivity index (χ0v) is 11.6. The first-order valence-electron chi connectivity index (χ1n) is 6.67. The summed E-state index contributed by atoms with van der Waals surface area (Å²) >= 11 is 0. The molecule has 3 heteroatoms. The molecule has 1 heterocycles. The number of ether oxygens (including phenoxy) is 1. The Morgan fingerprint density at radius 3 is 2.50 bits per heavy atom. The van der Waals surface area contributed by atoms with Crippen LogP contribution in [0.3, 0.4) is 0 Å². The van der Waals surface area contributed by atoms with Gasteiger partial charge in [-0.1, -0.05) is 12.1 Å². The van der Waals surface area contributed by atoms with Crippen molar-refractivity contribution in [2.24, 2.45) is 5.73 Å². The Balaban J connectivity index is 2.00. The van der Waals surface area contributed by atoms with E-state index in [-0.39, 0.29) is 6.04 Å². The summed E-state index contributed by atoms with van der Waals surface area (Å²) in [4.78, 5) is 2.50. The third-order valence-corrected chi connectivity index (χ3v) is 4.03. The molecule has 0 spiro atoms. The third-order valence-electron chi connectivity index (χ3n) is 4.03. The monoisotopic (exact) mass is 248 g/mol. The fourth-order valence-corrected chi connectivity index (χ4v) is 2.70. The van der Waals surface area contributed by atoms with Crippen molar-refractivity contribution in [1.82, 2.24) is 4.90 Å². The van der Waals surface area contributed by atoms with Crippen molar-refractivity contribution in [3.8, 4) is 5.75 Å². The molecule has 1 aromatic carbocycles. The number of likely N-dealkylation sites (tertiary alicyclic amines) is 1. The molecule has 1 fully saturated rings. The van der Waals surface area contributed by atoms with Gasteiger partial charge in [0.25, 0.3) is 0 Å². The third kappa shape index (κ3) is 2.85. The standard InChI is InChI=1S/C15H24N2O/c1-15(2)9-4-10-17(15)11-14(16)12-5-7-13(18-3)8-6-12/h5-8,14H,4,9-11,16H2,1-3H3. The van der Waals surface area contributed by atoms with Gasteiger partial charge in [0, 0.05) is 18.1 Å². The number of hydrogen-bond donors (Lipinski definition) is 1. The molecule has 18 heavy (non-hydrogen) atoms. The summed E-state index contributed by atoms with van der Waals surface area (Å²) in [6, 6.07) is 8.15.